The SMILES string of the molecule is COc1cccc2c1C(=O)c1c(O)c3c(c(O)c1C2=O)CC(O)(C(=O)CO)CC3OC1CC(NCC(=O)C2CC(O)CN2C(=O)CCCC(O)O)C(O)C(C)O1. The van der Waals surface area contributed by atoms with Crippen LogP contribution < -0.4 is 10.1 Å². The molecule has 2 saturated heterocycles. The number of benzene rings is 2. The molecule has 56 heavy (non-hydrogen) atoms. The van der Waals surface area contributed by atoms with Crippen LogP contribution in [0.2, 0.25) is 0 Å². The van der Waals surface area contributed by atoms with Crippen LogP contribution in [-0.4, -0.2) is 150 Å². The van der Waals surface area contributed by atoms with E-state index in [-0.39, 0.29) is 73.2 Å². The summed E-state index contributed by atoms with van der Waals surface area (Å²) in [5, 5.41) is 87.1. The van der Waals surface area contributed by atoms with Crippen molar-refractivity contribution >= 4 is 29.0 Å². The van der Waals surface area contributed by atoms with E-state index in [4.69, 9.17) is 24.4 Å². The molecule has 0 aromatic heterocycles. The van der Waals surface area contributed by atoms with Gasteiger partial charge in [0.05, 0.1) is 60.8 Å². The van der Waals surface area contributed by atoms with Crippen LogP contribution in [-0.2, 0) is 30.3 Å². The number of aliphatic hydroxyl groups excluding tert-OH is 4. The van der Waals surface area contributed by atoms with E-state index in [1.807, 2.05) is 0 Å². The number of Topliss-reactive ketones (excluding diaryl/α,β-unsaturated/α-hetero) is 2. The zero-order chi connectivity index (χ0) is 40.8. The van der Waals surface area contributed by atoms with Gasteiger partial charge in [-0.25, -0.2) is 0 Å². The van der Waals surface area contributed by atoms with Crippen molar-refractivity contribution in [3.63, 3.8) is 0 Å². The van der Waals surface area contributed by atoms with Crippen LogP contribution >= 0.6 is 0 Å². The van der Waals surface area contributed by atoms with Gasteiger partial charge < -0.3 is 65.3 Å². The number of carbonyl (C=O) groups excluding carboxylic acids is 5. The lowest BCUT2D eigenvalue weighted by atomic mass is 9.72. The molecule has 304 valence electrons. The van der Waals surface area contributed by atoms with Crippen LogP contribution in [0.5, 0.6) is 17.2 Å². The van der Waals surface area contributed by atoms with E-state index in [2.05, 4.69) is 5.32 Å². The lowest BCUT2D eigenvalue weighted by molar-refractivity contribution is -0.249. The largest absolute Gasteiger partial charge is 0.507 e. The number of phenols is 2. The number of hydrogen-bond acceptors (Lipinski definition) is 17. The standard InChI is InChI=1S/C38H46N2O16/c1-16-33(48)20(39-13-22(43)21-9-17(42)14-40(21)26(45)7-4-8-27(46)47)10-28(55-16)56-24-12-38(53,25(44)15-41)11-19-30(24)37(52)32-31(35(19)50)34(49)18-5-3-6-23(54-2)29(18)36(32)51/h3,5-6,16-17,20-21,24,27-28,33,39,41-42,46-48,50,52-53H,4,7-15H2,1-2H3. The summed E-state index contributed by atoms with van der Waals surface area (Å²) in [6.07, 6.45) is -8.83. The van der Waals surface area contributed by atoms with Crippen LogP contribution in [0.4, 0.5) is 0 Å². The van der Waals surface area contributed by atoms with Crippen molar-refractivity contribution in [2.45, 2.75) is 107 Å². The van der Waals surface area contributed by atoms with Crippen LogP contribution in [0.15, 0.2) is 18.2 Å². The summed E-state index contributed by atoms with van der Waals surface area (Å²) in [5.74, 6) is -5.10. The molecule has 2 aliphatic heterocycles. The molecule has 6 rings (SSSR count). The molecule has 18 nitrogen and oxygen atoms in total. The smallest absolute Gasteiger partial charge is 0.223 e. The van der Waals surface area contributed by atoms with Gasteiger partial charge in [-0.1, -0.05) is 12.1 Å². The molecule has 0 saturated carbocycles. The number of ketones is 4. The molecule has 18 heteroatoms. The van der Waals surface area contributed by atoms with Crippen molar-refractivity contribution in [2.75, 3.05) is 26.8 Å². The minimum atomic E-state index is -2.37. The Kier molecular flexibility index (Phi) is 12.0. The van der Waals surface area contributed by atoms with Crippen molar-refractivity contribution in [3.05, 3.63) is 51.6 Å². The third-order valence-corrected chi connectivity index (χ3v) is 11.1. The first-order valence-corrected chi connectivity index (χ1v) is 18.3. The van der Waals surface area contributed by atoms with Crippen molar-refractivity contribution < 1.29 is 79.0 Å². The van der Waals surface area contributed by atoms with E-state index in [0.29, 0.717) is 0 Å². The maximum atomic E-state index is 13.9. The summed E-state index contributed by atoms with van der Waals surface area (Å²) in [4.78, 5) is 68.1. The normalized spacial score (nSPS) is 28.5. The summed E-state index contributed by atoms with van der Waals surface area (Å²) >= 11 is 0. The highest BCUT2D eigenvalue weighted by molar-refractivity contribution is 6.31. The van der Waals surface area contributed by atoms with E-state index in [1.54, 1.807) is 0 Å². The highest BCUT2D eigenvalue weighted by Crippen LogP contribution is 2.52. The molecule has 8 unspecified atom stereocenters. The van der Waals surface area contributed by atoms with Crippen molar-refractivity contribution in [2.24, 2.45) is 0 Å². The average Bonchev–Trinajstić information content (AvgIpc) is 3.56. The Morgan fingerprint density at radius 2 is 1.77 bits per heavy atom. The highest BCUT2D eigenvalue weighted by atomic mass is 16.7. The van der Waals surface area contributed by atoms with Crippen LogP contribution in [0.1, 0.15) is 94.5 Å². The van der Waals surface area contributed by atoms with Gasteiger partial charge in [-0.05, 0) is 25.8 Å². The number of aromatic hydroxyl groups is 2. The number of amides is 1. The number of rotatable bonds is 13. The van der Waals surface area contributed by atoms with Crippen molar-refractivity contribution in [1.29, 1.82) is 0 Å². The highest BCUT2D eigenvalue weighted by Gasteiger charge is 2.50. The summed E-state index contributed by atoms with van der Waals surface area (Å²) < 4.78 is 17.5. The van der Waals surface area contributed by atoms with Gasteiger partial charge in [0, 0.05) is 61.4 Å². The summed E-state index contributed by atoms with van der Waals surface area (Å²) in [5.41, 5.74) is -4.21. The predicted octanol–water partition coefficient (Wildman–Crippen LogP) is -1.36. The predicted molar refractivity (Wildman–Crippen MR) is 189 cm³/mol. The number of fused-ring (bicyclic) bond motifs is 3. The third-order valence-electron chi connectivity index (χ3n) is 11.1. The van der Waals surface area contributed by atoms with Crippen molar-refractivity contribution in [3.8, 4) is 17.2 Å². The van der Waals surface area contributed by atoms with Crippen LogP contribution in [0.25, 0.3) is 0 Å². The molecule has 2 aliphatic carbocycles. The first kappa shape index (κ1) is 41.3. The molecule has 2 aromatic carbocycles. The van der Waals surface area contributed by atoms with E-state index in [1.165, 1.54) is 37.1 Å². The number of carbonyl (C=O) groups is 5. The molecule has 0 radical (unpaired) electrons. The average molecular weight is 787 g/mol. The number of methoxy groups -OCH3 is 1. The zero-order valence-electron chi connectivity index (χ0n) is 30.7. The monoisotopic (exact) mass is 786 g/mol. The molecule has 4 aliphatic rings. The van der Waals surface area contributed by atoms with Gasteiger partial charge in [0.1, 0.15) is 29.5 Å². The minimum Gasteiger partial charge on any atom is -0.507 e. The Labute approximate surface area is 320 Å². The van der Waals surface area contributed by atoms with Gasteiger partial charge in [-0.2, -0.15) is 0 Å². The van der Waals surface area contributed by atoms with Gasteiger partial charge in [0.25, 0.3) is 0 Å². The quantitative estimate of drug-likeness (QED) is 0.0715. The van der Waals surface area contributed by atoms with Gasteiger partial charge in [0.15, 0.2) is 29.9 Å². The summed E-state index contributed by atoms with van der Waals surface area (Å²) in [7, 11) is 1.29. The second kappa shape index (κ2) is 16.2. The molecular formula is C38H46N2O16. The number of β-amino-alcohol motifs (C(OH)–C–C–N with tert-alkyl or cyclic N) is 1. The molecule has 2 fully saturated rings. The number of likely N-dealkylation sites (tertiary alicyclic amines) is 1. The Morgan fingerprint density at radius 3 is 2.45 bits per heavy atom. The Balaban J connectivity index is 1.26. The summed E-state index contributed by atoms with van der Waals surface area (Å²) in [6.45, 7) is -0.0143. The zero-order valence-corrected chi connectivity index (χ0v) is 30.7. The van der Waals surface area contributed by atoms with Gasteiger partial charge in [-0.3, -0.25) is 24.0 Å². The second-order valence-electron chi connectivity index (χ2n) is 14.8. The molecule has 2 heterocycles. The van der Waals surface area contributed by atoms with E-state index >= 15 is 0 Å². The molecule has 9 N–H and O–H groups in total. The number of phenolic OH excluding ortho intramolecular Hbond substituents is 2. The topological polar surface area (TPSA) is 290 Å². The van der Waals surface area contributed by atoms with E-state index < -0.39 is 126 Å². The molecule has 1 amide bonds. The molecule has 0 spiro atoms. The number of nitrogens with zero attached hydrogens (tertiary/aromatic N) is 1. The van der Waals surface area contributed by atoms with E-state index in [0.717, 1.165) is 0 Å². The first-order valence-electron chi connectivity index (χ1n) is 18.3. The van der Waals surface area contributed by atoms with Gasteiger partial charge in [-0.15, -0.1) is 0 Å². The summed E-state index contributed by atoms with van der Waals surface area (Å²) in [6, 6.07) is 2.41. The number of aliphatic hydroxyl groups is 6. The maximum Gasteiger partial charge on any atom is 0.223 e. The number of ether oxygens (including phenoxy) is 3. The van der Waals surface area contributed by atoms with Gasteiger partial charge in [0.2, 0.25) is 11.7 Å². The fraction of sp³-hybridized carbons (Fsp3) is 0.553. The van der Waals surface area contributed by atoms with Crippen LogP contribution in [0, 0.1) is 0 Å². The molecular weight excluding hydrogens is 740 g/mol. The molecule has 2 aromatic rings. The fourth-order valence-corrected chi connectivity index (χ4v) is 8.24. The molecule has 8 atom stereocenters. The van der Waals surface area contributed by atoms with Gasteiger partial charge >= 0.3 is 0 Å². The fourth-order valence-electron chi connectivity index (χ4n) is 8.24. The van der Waals surface area contributed by atoms with E-state index in [9.17, 15) is 54.6 Å². The maximum absolute atomic E-state index is 13.9. The number of hydrogen-bond donors (Lipinski definition) is 9. The molecule has 0 bridgehead atoms. The Hall–Kier alpha value is -4.37. The number of nitrogens with one attached hydrogen (secondary N) is 1. The third kappa shape index (κ3) is 7.56. The van der Waals surface area contributed by atoms with Crippen LogP contribution in [0.3, 0.4) is 0 Å². The lowest BCUT2D eigenvalue weighted by Crippen LogP contribution is -2.56. The second-order valence-corrected chi connectivity index (χ2v) is 14.8. The van der Waals surface area contributed by atoms with Crippen molar-refractivity contribution in [1.82, 2.24) is 10.2 Å². The Bertz CT molecular complexity index is 1920. The first-order chi connectivity index (χ1) is 26.5. The minimum absolute atomic E-state index is 0.0174. The Morgan fingerprint density at radius 1 is 1.05 bits per heavy atom. The lowest BCUT2D eigenvalue weighted by Gasteiger charge is -2.43.